The third kappa shape index (κ3) is 25.1. The van der Waals surface area contributed by atoms with Gasteiger partial charge in [-0.25, -0.2) is 61.5 Å². The normalized spacial score (nSPS) is 10.0. The summed E-state index contributed by atoms with van der Waals surface area (Å²) >= 11 is 0. The topological polar surface area (TPSA) is 137 Å². The van der Waals surface area contributed by atoms with Gasteiger partial charge in [-0.1, -0.05) is 48.5 Å². The maximum atomic E-state index is 12.5. The molecule has 8 aromatic rings. The lowest BCUT2D eigenvalue weighted by Crippen LogP contribution is -2.08. The third-order valence-corrected chi connectivity index (χ3v) is 9.43. The van der Waals surface area contributed by atoms with E-state index in [1.807, 2.05) is 0 Å². The van der Waals surface area contributed by atoms with Crippen LogP contribution in [0.15, 0.2) is 146 Å². The molecule has 8 rings (SSSR count). The summed E-state index contributed by atoms with van der Waals surface area (Å²) in [6.45, 7) is 0. The second-order valence-corrected chi connectivity index (χ2v) is 15.4. The molecule has 452 valence electrons. The molecule has 0 atom stereocenters. The molecule has 0 amide bonds. The van der Waals surface area contributed by atoms with E-state index >= 15 is 0 Å². The van der Waals surface area contributed by atoms with Crippen molar-refractivity contribution < 1.29 is 126 Å². The molecule has 0 aliphatic heterocycles. The van der Waals surface area contributed by atoms with Gasteiger partial charge in [0.15, 0.2) is 54.7 Å². The third-order valence-electron chi connectivity index (χ3n) is 9.43. The average molecular weight is 1240 g/mol. The van der Waals surface area contributed by atoms with Gasteiger partial charge in [0.25, 0.3) is 0 Å². The molecule has 0 bridgehead atoms. The molecule has 0 radical (unpaired) electrons. The summed E-state index contributed by atoms with van der Waals surface area (Å²) < 4.78 is 244. The Labute approximate surface area is 470 Å². The van der Waals surface area contributed by atoms with Crippen molar-refractivity contribution in [2.45, 2.75) is 12.4 Å². The van der Waals surface area contributed by atoms with Crippen molar-refractivity contribution in [3.63, 3.8) is 0 Å². The molecule has 0 saturated carbocycles. The minimum absolute atomic E-state index is 0.0116. The summed E-state index contributed by atoms with van der Waals surface area (Å²) in [4.78, 5) is 80.1. The highest BCUT2D eigenvalue weighted by Crippen LogP contribution is 2.31. The van der Waals surface area contributed by atoms with Crippen molar-refractivity contribution in [1.82, 2.24) is 0 Å². The smallest absolute Gasteiger partial charge is 0.298 e. The zero-order valence-electron chi connectivity index (χ0n) is 42.3. The van der Waals surface area contributed by atoms with Crippen molar-refractivity contribution in [1.29, 1.82) is 0 Å². The molecule has 28 heteroatoms. The minimum Gasteiger partial charge on any atom is -0.298 e. The second kappa shape index (κ2) is 36.3. The maximum absolute atomic E-state index is 12.5. The summed E-state index contributed by atoms with van der Waals surface area (Å²) in [5.41, 5.74) is -3.69. The van der Waals surface area contributed by atoms with E-state index in [9.17, 15) is 126 Å². The fraction of sp³-hybridized carbons (Fsp3) is 0.0345. The lowest BCUT2D eigenvalue weighted by atomic mass is 10.1. The van der Waals surface area contributed by atoms with Crippen LogP contribution in [-0.4, -0.2) is 50.3 Å². The number of hydrogen-bond acceptors (Lipinski definition) is 8. The van der Waals surface area contributed by atoms with Crippen LogP contribution in [0.4, 0.5) is 87.8 Å². The molecule has 0 saturated heterocycles. The van der Waals surface area contributed by atoms with Crippen LogP contribution in [0.2, 0.25) is 0 Å². The molecule has 8 nitrogen and oxygen atoms in total. The summed E-state index contributed by atoms with van der Waals surface area (Å²) in [6.07, 6.45) is -6.73. The Morgan fingerprint density at radius 1 is 0.256 bits per heavy atom. The predicted molar refractivity (Wildman–Crippen MR) is 264 cm³/mol. The van der Waals surface area contributed by atoms with Gasteiger partial charge in [0.1, 0.15) is 71.2 Å². The van der Waals surface area contributed by atoms with Gasteiger partial charge in [0, 0.05) is 34.4 Å². The zero-order valence-corrected chi connectivity index (χ0v) is 42.3. The molecular formula is C58H32F20O8. The zero-order chi connectivity index (χ0) is 65.5. The predicted octanol–water partition coefficient (Wildman–Crippen LogP) is 16.0. The van der Waals surface area contributed by atoms with Gasteiger partial charge < -0.3 is 0 Å². The van der Waals surface area contributed by atoms with E-state index in [2.05, 4.69) is 0 Å². The van der Waals surface area contributed by atoms with Crippen molar-refractivity contribution >= 4 is 50.3 Å². The lowest BCUT2D eigenvalue weighted by molar-refractivity contribution is -0.138. The highest BCUT2D eigenvalue weighted by Gasteiger charge is 2.33. The number of carbonyl (C=O) groups excluding carboxylic acids is 8. The number of rotatable bonds is 8. The first-order chi connectivity index (χ1) is 40.4. The summed E-state index contributed by atoms with van der Waals surface area (Å²) in [5.74, 6) is -17.1. The van der Waals surface area contributed by atoms with E-state index < -0.39 is 117 Å². The SMILES string of the molecule is O=Cc1c(F)c(F)c(F)c(F)c1F.O=Cc1c(F)cccc1F.O=Cc1cc(F)cc(F)c1.O=Cc1cc(F)ccc1F.O=Cc1ccc(C(F)(F)F)cc1.O=Cc1ccc(F)cc1F.O=Cc1cccc(F)c1.O=Cc1ccccc1C(F)(F)F. The number of carbonyl (C=O) groups is 8. The molecule has 0 aromatic heterocycles. The molecule has 86 heavy (non-hydrogen) atoms. The Hall–Kier alpha value is -10.3. The molecule has 0 unspecified atom stereocenters. The van der Waals surface area contributed by atoms with Crippen molar-refractivity contribution in [2.24, 2.45) is 0 Å². The standard InChI is InChI=1S/2C8H5F3O.C7HF5O.4C7H4F2O.C7H5FO/c9-8(10,11)7-3-1-6(5-12)2-4-7;9-8(10,11)7-4-2-1-3-6(7)5-12;8-3-2(1-13)4(9)6(11)7(12)5(3)10;8-6-1-5(4-10)2-7(9)3-6;8-6-1-2-7(9)5(3-6)4-10;8-6-2-1-5(4-10)7(9)3-6;8-6-2-1-3-7(9)5(6)4-10;8-7-3-1-2-6(4-7)5-9/h2*1-5H;1H;4*1-4H;1-5H. The van der Waals surface area contributed by atoms with E-state index in [-0.39, 0.29) is 52.5 Å². The van der Waals surface area contributed by atoms with Crippen LogP contribution in [0.3, 0.4) is 0 Å². The lowest BCUT2D eigenvalue weighted by Gasteiger charge is -2.07. The summed E-state index contributed by atoms with van der Waals surface area (Å²) in [5, 5.41) is 0. The fourth-order valence-corrected chi connectivity index (χ4v) is 5.38. The second-order valence-electron chi connectivity index (χ2n) is 15.4. The molecule has 0 spiro atoms. The monoisotopic (exact) mass is 1240 g/mol. The largest absolute Gasteiger partial charge is 0.417 e. The van der Waals surface area contributed by atoms with Gasteiger partial charge in [-0.2, -0.15) is 26.3 Å². The first-order valence-corrected chi connectivity index (χ1v) is 22.4. The van der Waals surface area contributed by atoms with Gasteiger partial charge in [-0.05, 0) is 84.9 Å². The Morgan fingerprint density at radius 3 is 1.09 bits per heavy atom. The van der Waals surface area contributed by atoms with E-state index in [0.29, 0.717) is 42.8 Å². The Kier molecular flexibility index (Phi) is 31.1. The number of hydrogen-bond donors (Lipinski definition) is 0. The van der Waals surface area contributed by atoms with Crippen molar-refractivity contribution in [3.05, 3.63) is 283 Å². The van der Waals surface area contributed by atoms with Crippen LogP contribution in [0.1, 0.15) is 94.0 Å². The van der Waals surface area contributed by atoms with Gasteiger partial charge >= 0.3 is 12.4 Å². The number of halogens is 20. The first-order valence-electron chi connectivity index (χ1n) is 22.4. The van der Waals surface area contributed by atoms with Gasteiger partial charge in [0.05, 0.1) is 33.4 Å². The molecular weight excluding hydrogens is 1200 g/mol. The quantitative estimate of drug-likeness (QED) is 0.0635. The van der Waals surface area contributed by atoms with Crippen LogP contribution in [0.25, 0.3) is 0 Å². The molecule has 8 aromatic carbocycles. The molecule has 0 N–H and O–H groups in total. The fourth-order valence-electron chi connectivity index (χ4n) is 5.38. The summed E-state index contributed by atoms with van der Waals surface area (Å²) in [6, 6.07) is 25.7. The molecule has 0 fully saturated rings. The highest BCUT2D eigenvalue weighted by molar-refractivity contribution is 5.79. The van der Waals surface area contributed by atoms with Gasteiger partial charge in [-0.3, -0.25) is 38.4 Å². The Morgan fingerprint density at radius 2 is 0.698 bits per heavy atom. The number of benzene rings is 8. The van der Waals surface area contributed by atoms with Crippen LogP contribution in [0, 0.1) is 81.4 Å². The Balaban J connectivity index is 0.000000493. The molecule has 0 aliphatic rings. The van der Waals surface area contributed by atoms with Crippen LogP contribution in [-0.2, 0) is 12.4 Å². The Bertz CT molecular complexity index is 3520. The maximum Gasteiger partial charge on any atom is 0.417 e. The van der Waals surface area contributed by atoms with E-state index in [1.54, 1.807) is 6.07 Å². The first kappa shape index (κ1) is 73.7. The number of aldehydes is 8. The number of alkyl halides is 6. The van der Waals surface area contributed by atoms with Gasteiger partial charge in [-0.15, -0.1) is 0 Å². The van der Waals surface area contributed by atoms with E-state index in [0.717, 1.165) is 91.0 Å². The van der Waals surface area contributed by atoms with Gasteiger partial charge in [0.2, 0.25) is 5.82 Å². The van der Waals surface area contributed by atoms with Crippen LogP contribution >= 0.6 is 0 Å². The summed E-state index contributed by atoms with van der Waals surface area (Å²) in [7, 11) is 0. The highest BCUT2D eigenvalue weighted by atomic mass is 19.4. The van der Waals surface area contributed by atoms with Crippen LogP contribution in [0.5, 0.6) is 0 Å². The minimum atomic E-state index is -4.45. The van der Waals surface area contributed by atoms with E-state index in [4.69, 9.17) is 0 Å². The van der Waals surface area contributed by atoms with Crippen molar-refractivity contribution in [2.75, 3.05) is 0 Å². The molecule has 0 heterocycles. The van der Waals surface area contributed by atoms with Crippen LogP contribution < -0.4 is 0 Å². The average Bonchev–Trinajstić information content (AvgIpc) is 1.97. The molecule has 0 aliphatic carbocycles. The van der Waals surface area contributed by atoms with E-state index in [1.165, 1.54) is 36.4 Å². The van der Waals surface area contributed by atoms with Crippen molar-refractivity contribution in [3.8, 4) is 0 Å².